The van der Waals surface area contributed by atoms with E-state index in [1.165, 1.54) is 0 Å². The van der Waals surface area contributed by atoms with Crippen LogP contribution in [0.4, 0.5) is 4.39 Å². The van der Waals surface area contributed by atoms with E-state index in [-0.39, 0.29) is 28.5 Å². The summed E-state index contributed by atoms with van der Waals surface area (Å²) in [5.41, 5.74) is 0. The van der Waals surface area contributed by atoms with Crippen LogP contribution in [0, 0.1) is 14.6 Å². The molecule has 0 spiro atoms. The van der Waals surface area contributed by atoms with Gasteiger partial charge in [0.1, 0.15) is 0 Å². The van der Waals surface area contributed by atoms with Crippen molar-refractivity contribution >= 4 is 0 Å². The second kappa shape index (κ2) is 64.9. The van der Waals surface area contributed by atoms with Crippen LogP contribution in [-0.2, 0) is 21.1 Å². The van der Waals surface area contributed by atoms with Gasteiger partial charge in [-0.2, -0.15) is 7.18 Å². The van der Waals surface area contributed by atoms with Gasteiger partial charge in [-0.25, -0.2) is 0 Å². The molecule has 0 saturated carbocycles. The second-order valence-corrected chi connectivity index (χ2v) is 0. The predicted octanol–water partition coefficient (Wildman–Crippen LogP) is 1.20. The summed E-state index contributed by atoms with van der Waals surface area (Å²) in [5.74, 6) is 0. The van der Waals surface area contributed by atoms with E-state index in [2.05, 4.69) is 0 Å². The molecule has 0 atom stereocenters. The molecule has 0 aromatic heterocycles. The van der Waals surface area contributed by atoms with Crippen molar-refractivity contribution in [2.75, 3.05) is 0 Å². The van der Waals surface area contributed by atoms with Crippen molar-refractivity contribution < 1.29 is 25.5 Å². The van der Waals surface area contributed by atoms with Crippen molar-refractivity contribution in [1.82, 2.24) is 0 Å². The van der Waals surface area contributed by atoms with Gasteiger partial charge in [-0.1, -0.05) is 0 Å². The largest absolute Gasteiger partial charge is 2.00 e. The van der Waals surface area contributed by atoms with Crippen LogP contribution in [0.2, 0.25) is 0 Å². The molecule has 0 aromatic carbocycles. The first-order chi connectivity index (χ1) is 1.00. The summed E-state index contributed by atoms with van der Waals surface area (Å²) in [4.78, 5) is 0. The van der Waals surface area contributed by atoms with E-state index in [1.807, 2.05) is 0 Å². The summed E-state index contributed by atoms with van der Waals surface area (Å²) in [5, 5.41) is 0. The first-order valence-corrected chi connectivity index (χ1v) is 0.267. The van der Waals surface area contributed by atoms with Crippen molar-refractivity contribution in [2.45, 2.75) is 0 Å². The molecular weight excluding hydrogens is 227 g/mol. The minimum atomic E-state index is 0. The third-order valence-corrected chi connectivity index (χ3v) is 0. The van der Waals surface area contributed by atoms with Gasteiger partial charge < -0.3 is 11.8 Å². The van der Waals surface area contributed by atoms with E-state index in [0.717, 1.165) is 0 Å². The molecule has 0 bridgehead atoms. The van der Waals surface area contributed by atoms with Gasteiger partial charge >= 0.3 is 21.1 Å². The van der Waals surface area contributed by atoms with Crippen molar-refractivity contribution in [1.29, 1.82) is 0 Å². The molecule has 0 N–H and O–H groups in total. The van der Waals surface area contributed by atoms with Crippen LogP contribution in [0.1, 0.15) is 0 Å². The van der Waals surface area contributed by atoms with Crippen LogP contribution in [-0.4, -0.2) is 0 Å². The maximum absolute atomic E-state index is 9.25. The molecule has 0 unspecified atom stereocenters. The Morgan fingerprint density at radius 2 is 1.25 bits per heavy atom. The molecule has 0 saturated heterocycles. The van der Waals surface area contributed by atoms with Gasteiger partial charge in [0.15, 0.2) is 0 Å². The molecule has 0 aliphatic rings. The standard InChI is InChI=1S/CH2F.CH3.W/c1-2;;/h1H2;1H3;/q2*-1;+2. The smallest absolute Gasteiger partial charge is 0.463 e. The zero-order chi connectivity index (χ0) is 2.00. The third-order valence-electron chi connectivity index (χ3n) is 0. The summed E-state index contributed by atoms with van der Waals surface area (Å²) in [6.45, 7) is 0. The summed E-state index contributed by atoms with van der Waals surface area (Å²) in [6, 6.07) is 0. The van der Waals surface area contributed by atoms with Gasteiger partial charge in [0.05, 0.1) is 0 Å². The van der Waals surface area contributed by atoms with Crippen LogP contribution >= 0.6 is 0 Å². The molecule has 0 aromatic rings. The van der Waals surface area contributed by atoms with Gasteiger partial charge in [-0.15, -0.1) is 0 Å². The first kappa shape index (κ1) is 23.1. The molecule has 0 heterocycles. The zero-order valence-electron chi connectivity index (χ0n) is 2.49. The average molecular weight is 232 g/mol. The minimum absolute atomic E-state index is 0. The van der Waals surface area contributed by atoms with E-state index >= 15 is 0 Å². The number of hydrogen-bond donors (Lipinski definition) is 0. The van der Waals surface area contributed by atoms with Gasteiger partial charge in [0, 0.05) is 0 Å². The summed E-state index contributed by atoms with van der Waals surface area (Å²) >= 11 is 0. The quantitative estimate of drug-likeness (QED) is 0.550. The Balaban J connectivity index is -0.00000000500. The van der Waals surface area contributed by atoms with E-state index in [0.29, 0.717) is 0 Å². The SMILES string of the molecule is [CH2-]F.[CH3-].[W+2]. The predicted molar refractivity (Wildman–Crippen MR) is 12.9 cm³/mol. The topological polar surface area (TPSA) is 0 Å². The Morgan fingerprint density at radius 3 is 1.25 bits per heavy atom. The number of hydrogen-bond acceptors (Lipinski definition) is 0. The Kier molecular flexibility index (Phi) is 374. The zero-order valence-corrected chi connectivity index (χ0v) is 5.43. The number of halogens is 1. The maximum atomic E-state index is 9.25. The molecule has 0 aliphatic heterocycles. The molecule has 0 aliphatic carbocycles. The second-order valence-electron chi connectivity index (χ2n) is 0. The van der Waals surface area contributed by atoms with Gasteiger partial charge in [0.25, 0.3) is 0 Å². The van der Waals surface area contributed by atoms with Crippen LogP contribution in [0.15, 0.2) is 0 Å². The minimum Gasteiger partial charge on any atom is -0.463 e. The molecule has 2 heteroatoms. The fourth-order valence-corrected chi connectivity index (χ4v) is 0. The molecule has 0 fully saturated rings. The Bertz CT molecular complexity index is 6.00. The normalized spacial score (nSPS) is 1.50. The van der Waals surface area contributed by atoms with E-state index in [4.69, 9.17) is 0 Å². The van der Waals surface area contributed by atoms with Crippen molar-refractivity contribution in [2.24, 2.45) is 0 Å². The Morgan fingerprint density at radius 1 is 1.25 bits per heavy atom. The molecule has 4 heavy (non-hydrogen) atoms. The van der Waals surface area contributed by atoms with Gasteiger partial charge in [-0.3, -0.25) is 0 Å². The average Bonchev–Trinajstić information content (AvgIpc) is 1.00. The van der Waals surface area contributed by atoms with E-state index < -0.39 is 0 Å². The Labute approximate surface area is 40.7 Å². The fourth-order valence-electron chi connectivity index (χ4n) is 0. The summed E-state index contributed by atoms with van der Waals surface area (Å²) in [6.07, 6.45) is 0. The monoisotopic (exact) mass is 232 g/mol. The van der Waals surface area contributed by atoms with Crippen molar-refractivity contribution in [3.63, 3.8) is 0 Å². The van der Waals surface area contributed by atoms with Crippen LogP contribution in [0.25, 0.3) is 0 Å². The first-order valence-electron chi connectivity index (χ1n) is 0.267. The van der Waals surface area contributed by atoms with Crippen molar-refractivity contribution in [3.05, 3.63) is 14.6 Å². The molecule has 0 nitrogen and oxygen atoms in total. The summed E-state index contributed by atoms with van der Waals surface area (Å²) in [7, 11) is 1.75. The van der Waals surface area contributed by atoms with Gasteiger partial charge in [0.2, 0.25) is 0 Å². The molecule has 26 valence electrons. The van der Waals surface area contributed by atoms with Gasteiger partial charge in [-0.05, 0) is 0 Å². The molecule has 0 radical (unpaired) electrons. The fraction of sp³-hybridized carbons (Fsp3) is 0. The van der Waals surface area contributed by atoms with Crippen LogP contribution in [0.5, 0.6) is 0 Å². The maximum Gasteiger partial charge on any atom is 2.00 e. The van der Waals surface area contributed by atoms with Crippen molar-refractivity contribution in [3.8, 4) is 0 Å². The summed E-state index contributed by atoms with van der Waals surface area (Å²) < 4.78 is 9.25. The van der Waals surface area contributed by atoms with Crippen LogP contribution < -0.4 is 0 Å². The van der Waals surface area contributed by atoms with E-state index in [1.54, 1.807) is 7.18 Å². The molecule has 0 amide bonds. The Hall–Kier alpha value is 0.618. The third kappa shape index (κ3) is 17.9. The number of rotatable bonds is 0. The molecule has 0 rings (SSSR count). The molecular formula is C2H5FW. The van der Waals surface area contributed by atoms with Crippen LogP contribution in [0.3, 0.4) is 0 Å². The van der Waals surface area contributed by atoms with E-state index in [9.17, 15) is 4.39 Å².